The van der Waals surface area contributed by atoms with Crippen molar-refractivity contribution < 1.29 is 14.4 Å². The topological polar surface area (TPSA) is 72.4 Å². The summed E-state index contributed by atoms with van der Waals surface area (Å²) >= 11 is 0. The molecule has 88 valence electrons. The van der Waals surface area contributed by atoms with Crippen LogP contribution in [0, 0.1) is 6.92 Å². The number of aromatic carboxylic acids is 1. The van der Waals surface area contributed by atoms with Crippen LogP contribution in [0.1, 0.15) is 15.9 Å². The summed E-state index contributed by atoms with van der Waals surface area (Å²) in [4.78, 5) is 22.5. The fraction of sp³-hybridized carbons (Fsp3) is 0.167. The Labute approximate surface area is 96.9 Å². The first kappa shape index (κ1) is 11.2. The number of aryl methyl sites for hydroxylation is 1. The molecule has 0 aliphatic carbocycles. The van der Waals surface area contributed by atoms with Crippen molar-refractivity contribution in [3.8, 4) is 11.3 Å². The highest BCUT2D eigenvalue weighted by Crippen LogP contribution is 2.25. The number of hydrogen-bond acceptors (Lipinski definition) is 3. The summed E-state index contributed by atoms with van der Waals surface area (Å²) in [6.07, 6.45) is 0. The summed E-state index contributed by atoms with van der Waals surface area (Å²) in [5.41, 5.74) is 1.06. The minimum atomic E-state index is -1.03. The molecule has 17 heavy (non-hydrogen) atoms. The molecule has 1 heterocycles. The van der Waals surface area contributed by atoms with Crippen molar-refractivity contribution in [3.63, 3.8) is 0 Å². The van der Waals surface area contributed by atoms with Gasteiger partial charge in [0, 0.05) is 12.6 Å². The molecule has 0 saturated carbocycles. The molecule has 2 aromatic rings. The first-order valence-electron chi connectivity index (χ1n) is 5.02. The van der Waals surface area contributed by atoms with E-state index >= 15 is 0 Å². The summed E-state index contributed by atoms with van der Waals surface area (Å²) in [7, 11) is 1.57. The number of nitrogens with zero attached hydrogens (tertiary/aromatic N) is 1. The minimum Gasteiger partial charge on any atom is -0.478 e. The standard InChI is InChI=1S/C12H11NO4/c1-7-10(13(2)17-12(7)16)8-5-3-4-6-9(8)11(14)15/h3-6H,1-2H3,(H,14,15). The van der Waals surface area contributed by atoms with Gasteiger partial charge in [-0.15, -0.1) is 0 Å². The van der Waals surface area contributed by atoms with Crippen LogP contribution in [0.4, 0.5) is 0 Å². The Kier molecular flexibility index (Phi) is 2.59. The van der Waals surface area contributed by atoms with Crippen LogP contribution in [-0.4, -0.2) is 15.8 Å². The molecular weight excluding hydrogens is 222 g/mol. The fourth-order valence-electron chi connectivity index (χ4n) is 1.82. The lowest BCUT2D eigenvalue weighted by Gasteiger charge is -2.06. The van der Waals surface area contributed by atoms with Gasteiger partial charge in [-0.2, -0.15) is 0 Å². The maximum Gasteiger partial charge on any atom is 0.361 e. The zero-order valence-corrected chi connectivity index (χ0v) is 9.43. The van der Waals surface area contributed by atoms with E-state index in [9.17, 15) is 9.59 Å². The lowest BCUT2D eigenvalue weighted by atomic mass is 10.0. The maximum atomic E-state index is 11.4. The van der Waals surface area contributed by atoms with Crippen LogP contribution in [0.5, 0.6) is 0 Å². The molecule has 0 fully saturated rings. The van der Waals surface area contributed by atoms with Crippen LogP contribution in [0.2, 0.25) is 0 Å². The first-order chi connectivity index (χ1) is 8.02. The Morgan fingerprint density at radius 1 is 1.35 bits per heavy atom. The predicted octanol–water partition coefficient (Wildman–Crippen LogP) is 1.65. The van der Waals surface area contributed by atoms with Gasteiger partial charge >= 0.3 is 11.6 Å². The molecule has 2 rings (SSSR count). The Morgan fingerprint density at radius 3 is 2.53 bits per heavy atom. The third-order valence-corrected chi connectivity index (χ3v) is 2.61. The molecule has 0 atom stereocenters. The monoisotopic (exact) mass is 233 g/mol. The van der Waals surface area contributed by atoms with Crippen molar-refractivity contribution in [2.45, 2.75) is 6.92 Å². The normalized spacial score (nSPS) is 10.5. The van der Waals surface area contributed by atoms with Gasteiger partial charge < -0.3 is 9.63 Å². The van der Waals surface area contributed by atoms with E-state index in [0.717, 1.165) is 0 Å². The molecule has 0 unspecified atom stereocenters. The molecule has 0 amide bonds. The number of rotatable bonds is 2. The molecule has 5 nitrogen and oxygen atoms in total. The molecule has 0 aliphatic heterocycles. The Morgan fingerprint density at radius 2 is 2.00 bits per heavy atom. The highest BCUT2D eigenvalue weighted by Gasteiger charge is 2.18. The summed E-state index contributed by atoms with van der Waals surface area (Å²) in [6, 6.07) is 6.51. The molecule has 1 aromatic heterocycles. The van der Waals surface area contributed by atoms with Gasteiger partial charge in [0.2, 0.25) is 0 Å². The smallest absolute Gasteiger partial charge is 0.361 e. The van der Waals surface area contributed by atoms with Gasteiger partial charge in [0.15, 0.2) is 0 Å². The number of hydrogen-bond donors (Lipinski definition) is 1. The third-order valence-electron chi connectivity index (χ3n) is 2.61. The first-order valence-corrected chi connectivity index (χ1v) is 5.02. The van der Waals surface area contributed by atoms with Crippen molar-refractivity contribution >= 4 is 5.97 Å². The molecule has 0 aliphatic rings. The van der Waals surface area contributed by atoms with Crippen LogP contribution in [-0.2, 0) is 7.05 Å². The van der Waals surface area contributed by atoms with Crippen molar-refractivity contribution in [2.75, 3.05) is 0 Å². The molecule has 0 radical (unpaired) electrons. The SMILES string of the molecule is Cc1c(-c2ccccc2C(=O)O)n(C)oc1=O. The van der Waals surface area contributed by atoms with Crippen molar-refractivity contribution in [3.05, 3.63) is 45.8 Å². The summed E-state index contributed by atoms with van der Waals surface area (Å²) in [5, 5.41) is 9.10. The number of aromatic nitrogens is 1. The molecule has 0 bridgehead atoms. The van der Waals surface area contributed by atoms with E-state index in [2.05, 4.69) is 0 Å². The maximum absolute atomic E-state index is 11.4. The van der Waals surface area contributed by atoms with E-state index in [1.807, 2.05) is 0 Å². The Hall–Kier alpha value is -2.30. The third kappa shape index (κ3) is 1.75. The quantitative estimate of drug-likeness (QED) is 0.856. The second kappa shape index (κ2) is 3.93. The van der Waals surface area contributed by atoms with Gasteiger partial charge in [-0.1, -0.05) is 18.2 Å². The fourth-order valence-corrected chi connectivity index (χ4v) is 1.82. The van der Waals surface area contributed by atoms with Gasteiger partial charge in [0.05, 0.1) is 16.8 Å². The van der Waals surface area contributed by atoms with Crippen LogP contribution < -0.4 is 5.63 Å². The van der Waals surface area contributed by atoms with Crippen LogP contribution >= 0.6 is 0 Å². The van der Waals surface area contributed by atoms with E-state index in [4.69, 9.17) is 9.63 Å². The zero-order chi connectivity index (χ0) is 12.6. The lowest BCUT2D eigenvalue weighted by Crippen LogP contribution is -2.02. The number of carboxylic acid groups (broad SMARTS) is 1. The van der Waals surface area contributed by atoms with E-state index < -0.39 is 11.6 Å². The summed E-state index contributed by atoms with van der Waals surface area (Å²) < 4.78 is 6.19. The second-order valence-electron chi connectivity index (χ2n) is 3.70. The van der Waals surface area contributed by atoms with E-state index in [-0.39, 0.29) is 5.56 Å². The molecule has 1 N–H and O–H groups in total. The van der Waals surface area contributed by atoms with Gasteiger partial charge in [-0.3, -0.25) is 0 Å². The molecule has 0 spiro atoms. The zero-order valence-electron chi connectivity index (χ0n) is 9.43. The molecule has 5 heteroatoms. The largest absolute Gasteiger partial charge is 0.478 e. The van der Waals surface area contributed by atoms with E-state index in [1.165, 1.54) is 10.8 Å². The van der Waals surface area contributed by atoms with Gasteiger partial charge in [-0.25, -0.2) is 14.3 Å². The number of carboxylic acids is 1. The van der Waals surface area contributed by atoms with Gasteiger partial charge in [0.25, 0.3) is 0 Å². The van der Waals surface area contributed by atoms with Crippen molar-refractivity contribution in [1.29, 1.82) is 0 Å². The second-order valence-corrected chi connectivity index (χ2v) is 3.70. The lowest BCUT2D eigenvalue weighted by molar-refractivity contribution is 0.0697. The van der Waals surface area contributed by atoms with Crippen LogP contribution in [0.25, 0.3) is 11.3 Å². The Bertz CT molecular complexity index is 636. The van der Waals surface area contributed by atoms with Gasteiger partial charge in [0.1, 0.15) is 0 Å². The van der Waals surface area contributed by atoms with Gasteiger partial charge in [-0.05, 0) is 13.0 Å². The summed E-state index contributed by atoms with van der Waals surface area (Å²) in [5.74, 6) is -1.03. The van der Waals surface area contributed by atoms with Crippen molar-refractivity contribution in [1.82, 2.24) is 4.74 Å². The summed E-state index contributed by atoms with van der Waals surface area (Å²) in [6.45, 7) is 1.61. The van der Waals surface area contributed by atoms with E-state index in [0.29, 0.717) is 16.8 Å². The molecule has 1 aromatic carbocycles. The van der Waals surface area contributed by atoms with E-state index in [1.54, 1.807) is 32.2 Å². The molecular formula is C12H11NO4. The van der Waals surface area contributed by atoms with Crippen molar-refractivity contribution in [2.24, 2.45) is 7.05 Å². The average Bonchev–Trinajstić information content (AvgIpc) is 2.53. The Balaban J connectivity index is 2.77. The predicted molar refractivity (Wildman–Crippen MR) is 61.1 cm³/mol. The highest BCUT2D eigenvalue weighted by molar-refractivity contribution is 5.95. The average molecular weight is 233 g/mol. The number of carbonyl (C=O) groups is 1. The molecule has 0 saturated heterocycles. The van der Waals surface area contributed by atoms with Crippen LogP contribution in [0.15, 0.2) is 33.6 Å². The number of benzene rings is 1. The van der Waals surface area contributed by atoms with Crippen LogP contribution in [0.3, 0.4) is 0 Å². The highest BCUT2D eigenvalue weighted by atomic mass is 16.5. The minimum absolute atomic E-state index is 0.145.